The molecule has 0 N–H and O–H groups in total. The first-order chi connectivity index (χ1) is 9.35. The average Bonchev–Trinajstić information content (AvgIpc) is 2.34. The summed E-state index contributed by atoms with van der Waals surface area (Å²) in [5.41, 5.74) is 4.24. The van der Waals surface area contributed by atoms with Crippen LogP contribution >= 0.6 is 0 Å². The minimum atomic E-state index is 0.294. The Morgan fingerprint density at radius 2 is 1.65 bits per heavy atom. The van der Waals surface area contributed by atoms with Crippen LogP contribution in [0, 0.1) is 5.92 Å². The van der Waals surface area contributed by atoms with Crippen LogP contribution in [0.15, 0.2) is 34.9 Å². The van der Waals surface area contributed by atoms with Crippen LogP contribution in [0.5, 0.6) is 0 Å². The van der Waals surface area contributed by atoms with E-state index in [1.165, 1.54) is 16.7 Å². The molecule has 0 aliphatic heterocycles. The van der Waals surface area contributed by atoms with Gasteiger partial charge in [0.15, 0.2) is 0 Å². The van der Waals surface area contributed by atoms with Gasteiger partial charge in [-0.05, 0) is 73.1 Å². The third-order valence-corrected chi connectivity index (χ3v) is 3.54. The SMILES string of the molecule is CC=C(C)CCC=C(C)CC(C=C(C)C)CCC(C)=O. The zero-order valence-corrected chi connectivity index (χ0v) is 14.3. The van der Waals surface area contributed by atoms with E-state index in [1.807, 2.05) is 0 Å². The van der Waals surface area contributed by atoms with Crippen molar-refractivity contribution in [1.29, 1.82) is 0 Å². The zero-order valence-electron chi connectivity index (χ0n) is 14.3. The number of carbonyl (C=O) groups is 1. The predicted molar refractivity (Wildman–Crippen MR) is 89.9 cm³/mol. The fourth-order valence-electron chi connectivity index (χ4n) is 2.29. The maximum atomic E-state index is 11.2. The van der Waals surface area contributed by atoms with Crippen molar-refractivity contribution in [3.8, 4) is 0 Å². The van der Waals surface area contributed by atoms with Gasteiger partial charge in [0.2, 0.25) is 0 Å². The van der Waals surface area contributed by atoms with Gasteiger partial charge in [0, 0.05) is 6.42 Å². The Hall–Kier alpha value is -1.11. The molecule has 0 aromatic carbocycles. The Morgan fingerprint density at radius 3 is 2.15 bits per heavy atom. The second-order valence-electron chi connectivity index (χ2n) is 6.17. The summed E-state index contributed by atoms with van der Waals surface area (Å²) >= 11 is 0. The van der Waals surface area contributed by atoms with Gasteiger partial charge in [-0.2, -0.15) is 0 Å². The molecule has 0 saturated heterocycles. The summed E-state index contributed by atoms with van der Waals surface area (Å²) in [6.07, 6.45) is 11.9. The van der Waals surface area contributed by atoms with Gasteiger partial charge in [0.05, 0.1) is 0 Å². The third kappa shape index (κ3) is 10.8. The number of carbonyl (C=O) groups excluding carboxylic acids is 1. The lowest BCUT2D eigenvalue weighted by Gasteiger charge is -2.13. The highest BCUT2D eigenvalue weighted by Crippen LogP contribution is 2.21. The molecule has 0 amide bonds. The van der Waals surface area contributed by atoms with Crippen molar-refractivity contribution < 1.29 is 4.79 Å². The van der Waals surface area contributed by atoms with Gasteiger partial charge in [-0.3, -0.25) is 0 Å². The van der Waals surface area contributed by atoms with Crippen molar-refractivity contribution in [2.45, 2.75) is 73.6 Å². The maximum absolute atomic E-state index is 11.2. The smallest absolute Gasteiger partial charge is 0.129 e. The lowest BCUT2D eigenvalue weighted by atomic mass is 9.92. The van der Waals surface area contributed by atoms with E-state index >= 15 is 0 Å². The van der Waals surface area contributed by atoms with Crippen LogP contribution in [-0.2, 0) is 4.79 Å². The van der Waals surface area contributed by atoms with E-state index < -0.39 is 0 Å². The molecule has 0 saturated carbocycles. The van der Waals surface area contributed by atoms with Crippen LogP contribution in [0.3, 0.4) is 0 Å². The number of ketones is 1. The number of allylic oxidation sites excluding steroid dienone is 6. The molecule has 1 heteroatoms. The first-order valence-corrected chi connectivity index (χ1v) is 7.77. The summed E-state index contributed by atoms with van der Waals surface area (Å²) in [6.45, 7) is 12.4. The molecule has 1 unspecified atom stereocenters. The quantitative estimate of drug-likeness (QED) is 0.470. The van der Waals surface area contributed by atoms with Crippen molar-refractivity contribution in [1.82, 2.24) is 0 Å². The van der Waals surface area contributed by atoms with Crippen LogP contribution in [0.2, 0.25) is 0 Å². The van der Waals surface area contributed by atoms with Gasteiger partial charge in [-0.15, -0.1) is 0 Å². The molecule has 0 aromatic rings. The molecule has 20 heavy (non-hydrogen) atoms. The second-order valence-corrected chi connectivity index (χ2v) is 6.17. The molecule has 1 atom stereocenters. The van der Waals surface area contributed by atoms with Gasteiger partial charge < -0.3 is 4.79 Å². The zero-order chi connectivity index (χ0) is 15.5. The molecule has 0 radical (unpaired) electrons. The van der Waals surface area contributed by atoms with E-state index in [9.17, 15) is 4.79 Å². The first kappa shape index (κ1) is 18.9. The topological polar surface area (TPSA) is 17.1 Å². The van der Waals surface area contributed by atoms with Crippen LogP contribution in [0.4, 0.5) is 0 Å². The molecule has 0 aliphatic carbocycles. The van der Waals surface area contributed by atoms with E-state index in [4.69, 9.17) is 0 Å². The lowest BCUT2D eigenvalue weighted by molar-refractivity contribution is -0.117. The molecule has 1 nitrogen and oxygen atoms in total. The van der Waals surface area contributed by atoms with Crippen molar-refractivity contribution in [3.63, 3.8) is 0 Å². The molecular weight excluding hydrogens is 244 g/mol. The minimum Gasteiger partial charge on any atom is -0.300 e. The normalized spacial score (nSPS) is 14.1. The summed E-state index contributed by atoms with van der Waals surface area (Å²) in [5.74, 6) is 0.797. The fourth-order valence-corrected chi connectivity index (χ4v) is 2.29. The Labute approximate surface area is 125 Å². The largest absolute Gasteiger partial charge is 0.300 e. The number of Topliss-reactive ketones (excluding diaryl/α,β-unsaturated/α-hetero) is 1. The molecular formula is C19H32O. The van der Waals surface area contributed by atoms with E-state index in [-0.39, 0.29) is 0 Å². The van der Waals surface area contributed by atoms with E-state index in [1.54, 1.807) is 6.92 Å². The molecule has 0 aliphatic rings. The van der Waals surface area contributed by atoms with Crippen LogP contribution in [0.1, 0.15) is 73.6 Å². The predicted octanol–water partition coefficient (Wildman–Crippen LogP) is 6.02. The molecule has 0 rings (SSSR count). The van der Waals surface area contributed by atoms with Gasteiger partial charge in [-0.25, -0.2) is 0 Å². The van der Waals surface area contributed by atoms with Gasteiger partial charge >= 0.3 is 0 Å². The van der Waals surface area contributed by atoms with Crippen molar-refractivity contribution in [3.05, 3.63) is 34.9 Å². The Balaban J connectivity index is 4.43. The van der Waals surface area contributed by atoms with Gasteiger partial charge in [0.25, 0.3) is 0 Å². The second kappa shape index (κ2) is 10.7. The lowest BCUT2D eigenvalue weighted by Crippen LogP contribution is -2.02. The molecule has 0 heterocycles. The number of rotatable bonds is 9. The summed E-state index contributed by atoms with van der Waals surface area (Å²) in [6, 6.07) is 0. The fraction of sp³-hybridized carbons (Fsp3) is 0.632. The molecule has 0 bridgehead atoms. The Morgan fingerprint density at radius 1 is 1.00 bits per heavy atom. The molecule has 0 aromatic heterocycles. The number of hydrogen-bond donors (Lipinski definition) is 0. The highest BCUT2D eigenvalue weighted by molar-refractivity contribution is 5.75. The monoisotopic (exact) mass is 276 g/mol. The van der Waals surface area contributed by atoms with E-state index in [0.29, 0.717) is 18.1 Å². The summed E-state index contributed by atoms with van der Waals surface area (Å²) in [5, 5.41) is 0. The Kier molecular flexibility index (Phi) is 10.1. The summed E-state index contributed by atoms with van der Waals surface area (Å²) in [7, 11) is 0. The number of hydrogen-bond acceptors (Lipinski definition) is 1. The third-order valence-electron chi connectivity index (χ3n) is 3.54. The van der Waals surface area contributed by atoms with Crippen molar-refractivity contribution >= 4 is 5.78 Å². The molecule has 114 valence electrons. The van der Waals surface area contributed by atoms with Crippen molar-refractivity contribution in [2.75, 3.05) is 0 Å². The minimum absolute atomic E-state index is 0.294. The molecule has 0 fully saturated rings. The first-order valence-electron chi connectivity index (χ1n) is 7.77. The van der Waals surface area contributed by atoms with Crippen LogP contribution in [0.25, 0.3) is 0 Å². The standard InChI is InChI=1S/C19H32O/c1-7-16(4)9-8-10-17(5)14-19(13-15(2)3)12-11-18(6)20/h7,10,13,19H,8-9,11-12,14H2,1-6H3. The average molecular weight is 276 g/mol. The summed E-state index contributed by atoms with van der Waals surface area (Å²) in [4.78, 5) is 11.2. The highest BCUT2D eigenvalue weighted by atomic mass is 16.1. The van der Waals surface area contributed by atoms with E-state index in [2.05, 4.69) is 52.8 Å². The van der Waals surface area contributed by atoms with E-state index in [0.717, 1.165) is 25.7 Å². The summed E-state index contributed by atoms with van der Waals surface area (Å²) < 4.78 is 0. The van der Waals surface area contributed by atoms with Gasteiger partial charge in [0.1, 0.15) is 5.78 Å². The Bertz CT molecular complexity index is 379. The van der Waals surface area contributed by atoms with Gasteiger partial charge in [-0.1, -0.05) is 34.9 Å². The molecule has 0 spiro atoms. The highest BCUT2D eigenvalue weighted by Gasteiger charge is 2.08. The van der Waals surface area contributed by atoms with Crippen LogP contribution in [-0.4, -0.2) is 5.78 Å². The van der Waals surface area contributed by atoms with Crippen molar-refractivity contribution in [2.24, 2.45) is 5.92 Å². The van der Waals surface area contributed by atoms with Crippen LogP contribution < -0.4 is 0 Å². The maximum Gasteiger partial charge on any atom is 0.129 e.